The van der Waals surface area contributed by atoms with E-state index >= 15 is 0 Å². The Bertz CT molecular complexity index is 1540. The summed E-state index contributed by atoms with van der Waals surface area (Å²) in [4.78, 5) is 44.8. The number of halogens is 1. The Morgan fingerprint density at radius 1 is 1.05 bits per heavy atom. The number of hydrogen-bond donors (Lipinski definition) is 3. The summed E-state index contributed by atoms with van der Waals surface area (Å²) in [5.74, 6) is 1.06. The molecule has 12 heteroatoms. The van der Waals surface area contributed by atoms with Gasteiger partial charge in [0.15, 0.2) is 10.8 Å². The lowest BCUT2D eigenvalue weighted by atomic mass is 9.93. The van der Waals surface area contributed by atoms with Gasteiger partial charge in [0.05, 0.1) is 18.1 Å². The minimum absolute atomic E-state index is 0.0254. The molecule has 1 saturated heterocycles. The zero-order chi connectivity index (χ0) is 27.5. The first kappa shape index (κ1) is 26.1. The third kappa shape index (κ3) is 6.05. The summed E-state index contributed by atoms with van der Waals surface area (Å²) in [6.07, 6.45) is 10.2. The van der Waals surface area contributed by atoms with Gasteiger partial charge in [-0.3, -0.25) is 14.6 Å². The van der Waals surface area contributed by atoms with Gasteiger partial charge in [-0.25, -0.2) is 9.97 Å². The van der Waals surface area contributed by atoms with Crippen molar-refractivity contribution in [2.75, 3.05) is 29.0 Å². The van der Waals surface area contributed by atoms with Crippen molar-refractivity contribution in [2.45, 2.75) is 32.1 Å². The van der Waals surface area contributed by atoms with Crippen LogP contribution in [0.15, 0.2) is 54.4 Å². The van der Waals surface area contributed by atoms with Crippen LogP contribution in [0, 0.1) is 5.92 Å². The molecule has 4 aromatic rings. The Morgan fingerprint density at radius 2 is 1.93 bits per heavy atom. The van der Waals surface area contributed by atoms with E-state index in [1.54, 1.807) is 18.6 Å². The molecular weight excluding hydrogens is 548 g/mol. The van der Waals surface area contributed by atoms with Gasteiger partial charge < -0.3 is 20.9 Å². The van der Waals surface area contributed by atoms with Crippen LogP contribution in [0.1, 0.15) is 40.2 Å². The second-order valence-electron chi connectivity index (χ2n) is 9.92. The van der Waals surface area contributed by atoms with E-state index in [2.05, 4.69) is 35.9 Å². The quantitative estimate of drug-likeness (QED) is 0.294. The fraction of sp³-hybridized carbons (Fsp3) is 0.286. The summed E-state index contributed by atoms with van der Waals surface area (Å²) < 4.78 is 0. The van der Waals surface area contributed by atoms with Gasteiger partial charge in [-0.15, -0.1) is 11.3 Å². The molecule has 2 amide bonds. The van der Waals surface area contributed by atoms with E-state index in [4.69, 9.17) is 11.6 Å². The number of likely N-dealkylation sites (tertiary alicyclic amines) is 1. The smallest absolute Gasteiger partial charge is 0.282 e. The van der Waals surface area contributed by atoms with Gasteiger partial charge in [0.2, 0.25) is 11.9 Å². The SMILES string of the molecule is O=C(CC1CCN(C(=O)c2nccs2)CC1)Nc1ccc2cc1CCc1cncc(c1)Nc1ncc(Cl)c(n1)N2. The highest BCUT2D eigenvalue weighted by molar-refractivity contribution is 7.11. The van der Waals surface area contributed by atoms with Crippen LogP contribution in [0.2, 0.25) is 5.02 Å². The van der Waals surface area contributed by atoms with Crippen LogP contribution in [-0.4, -0.2) is 49.7 Å². The topological polar surface area (TPSA) is 125 Å². The Balaban J connectivity index is 1.15. The highest BCUT2D eigenvalue weighted by atomic mass is 35.5. The Hall–Kier alpha value is -4.09. The van der Waals surface area contributed by atoms with E-state index in [0.717, 1.165) is 47.5 Å². The first-order valence-corrected chi connectivity index (χ1v) is 14.4. The maximum Gasteiger partial charge on any atom is 0.282 e. The van der Waals surface area contributed by atoms with Crippen molar-refractivity contribution in [2.24, 2.45) is 5.92 Å². The number of pyridine rings is 1. The minimum atomic E-state index is -0.0269. The number of aryl methyl sites for hydroxylation is 2. The van der Waals surface area contributed by atoms with Crippen molar-refractivity contribution < 1.29 is 9.59 Å². The number of benzene rings is 1. The van der Waals surface area contributed by atoms with Gasteiger partial charge in [0, 0.05) is 48.7 Å². The summed E-state index contributed by atoms with van der Waals surface area (Å²) in [7, 11) is 0. The number of amides is 2. The zero-order valence-electron chi connectivity index (χ0n) is 21.6. The maximum atomic E-state index is 13.1. The molecule has 0 radical (unpaired) electrons. The van der Waals surface area contributed by atoms with E-state index < -0.39 is 0 Å². The molecular formula is C28H27ClN8O2S. The van der Waals surface area contributed by atoms with Gasteiger partial charge in [-0.2, -0.15) is 4.98 Å². The zero-order valence-corrected chi connectivity index (χ0v) is 23.1. The number of hydrogen-bond acceptors (Lipinski definition) is 9. The van der Waals surface area contributed by atoms with Crippen molar-refractivity contribution >= 4 is 63.6 Å². The van der Waals surface area contributed by atoms with Crippen LogP contribution in [-0.2, 0) is 17.6 Å². The molecule has 0 saturated carbocycles. The second kappa shape index (κ2) is 11.6. The molecule has 2 aliphatic rings. The lowest BCUT2D eigenvalue weighted by Gasteiger charge is -2.31. The van der Waals surface area contributed by atoms with E-state index in [-0.39, 0.29) is 17.7 Å². The van der Waals surface area contributed by atoms with E-state index in [1.807, 2.05) is 40.7 Å². The van der Waals surface area contributed by atoms with E-state index in [9.17, 15) is 9.59 Å². The van der Waals surface area contributed by atoms with Gasteiger partial charge >= 0.3 is 0 Å². The molecule has 3 aromatic heterocycles. The highest BCUT2D eigenvalue weighted by Gasteiger charge is 2.26. The van der Waals surface area contributed by atoms with Crippen LogP contribution in [0.3, 0.4) is 0 Å². The lowest BCUT2D eigenvalue weighted by molar-refractivity contribution is -0.117. The first-order valence-electron chi connectivity index (χ1n) is 13.1. The van der Waals surface area contributed by atoms with Gasteiger partial charge in [-0.1, -0.05) is 11.6 Å². The molecule has 10 nitrogen and oxygen atoms in total. The maximum absolute atomic E-state index is 13.1. The van der Waals surface area contributed by atoms with Crippen molar-refractivity contribution in [3.8, 4) is 0 Å². The molecule has 0 spiro atoms. The van der Waals surface area contributed by atoms with Crippen LogP contribution < -0.4 is 16.0 Å². The number of aromatic nitrogens is 4. The molecule has 0 aliphatic carbocycles. The van der Waals surface area contributed by atoms with Crippen LogP contribution in [0.25, 0.3) is 0 Å². The van der Waals surface area contributed by atoms with Gasteiger partial charge in [-0.05, 0) is 67.0 Å². The monoisotopic (exact) mass is 574 g/mol. The van der Waals surface area contributed by atoms with Crippen molar-refractivity contribution in [3.63, 3.8) is 0 Å². The van der Waals surface area contributed by atoms with E-state index in [0.29, 0.717) is 47.7 Å². The number of carbonyl (C=O) groups excluding carboxylic acids is 2. The summed E-state index contributed by atoms with van der Waals surface area (Å²) in [6.45, 7) is 1.27. The normalized spacial score (nSPS) is 15.1. The Morgan fingerprint density at radius 3 is 2.75 bits per heavy atom. The Kier molecular flexibility index (Phi) is 7.56. The summed E-state index contributed by atoms with van der Waals surface area (Å²) in [6, 6.07) is 7.84. The molecule has 204 valence electrons. The fourth-order valence-corrected chi connectivity index (χ4v) is 5.76. The van der Waals surface area contributed by atoms with Crippen LogP contribution in [0.5, 0.6) is 0 Å². The number of thiazole rings is 1. The molecule has 0 atom stereocenters. The predicted molar refractivity (Wildman–Crippen MR) is 156 cm³/mol. The number of rotatable bonds is 4. The van der Waals surface area contributed by atoms with Crippen molar-refractivity contribution in [3.05, 3.63) is 75.6 Å². The molecule has 1 aromatic carbocycles. The van der Waals surface area contributed by atoms with Gasteiger partial charge in [0.25, 0.3) is 5.91 Å². The number of fused-ring (bicyclic) bond motifs is 6. The molecule has 0 unspecified atom stereocenters. The van der Waals surface area contributed by atoms with Gasteiger partial charge in [0.1, 0.15) is 5.02 Å². The number of anilines is 5. The lowest BCUT2D eigenvalue weighted by Crippen LogP contribution is -2.39. The Labute approximate surface area is 240 Å². The second-order valence-corrected chi connectivity index (χ2v) is 11.2. The molecule has 40 heavy (non-hydrogen) atoms. The van der Waals surface area contributed by atoms with Crippen LogP contribution in [0.4, 0.5) is 28.8 Å². The number of nitrogens with zero attached hydrogens (tertiary/aromatic N) is 5. The van der Waals surface area contributed by atoms with Crippen molar-refractivity contribution in [1.82, 2.24) is 24.8 Å². The molecule has 6 rings (SSSR count). The highest BCUT2D eigenvalue weighted by Crippen LogP contribution is 2.30. The summed E-state index contributed by atoms with van der Waals surface area (Å²) in [5, 5.41) is 12.3. The molecule has 1 fully saturated rings. The number of carbonyl (C=O) groups is 2. The number of nitrogens with one attached hydrogen (secondary N) is 3. The third-order valence-electron chi connectivity index (χ3n) is 7.11. The summed E-state index contributed by atoms with van der Waals surface area (Å²) >= 11 is 7.73. The average molecular weight is 575 g/mol. The molecule has 6 bridgehead atoms. The predicted octanol–water partition coefficient (Wildman–Crippen LogP) is 5.45. The molecule has 3 N–H and O–H groups in total. The number of piperidine rings is 1. The molecule has 5 heterocycles. The first-order chi connectivity index (χ1) is 19.5. The standard InChI is InChI=1S/C28H27ClN8O2S/c29-22-16-32-28-34-21-11-18(14-30-15-21)1-2-19-13-20(33-25(22)36-28)3-4-23(19)35-24(38)12-17-5-8-37(9-6-17)27(39)26-31-7-10-40-26/h3-4,7,10-11,13-17H,1-2,5-6,8-9,12H2,(H,35,38)(H2,32,33,34,36). The fourth-order valence-electron chi connectivity index (χ4n) is 5.02. The van der Waals surface area contributed by atoms with E-state index in [1.165, 1.54) is 11.3 Å². The van der Waals surface area contributed by atoms with Crippen molar-refractivity contribution in [1.29, 1.82) is 0 Å². The molecule has 2 aliphatic heterocycles. The summed E-state index contributed by atoms with van der Waals surface area (Å²) in [5.41, 5.74) is 4.41. The minimum Gasteiger partial charge on any atom is -0.339 e. The average Bonchev–Trinajstić information content (AvgIpc) is 3.50. The largest absolute Gasteiger partial charge is 0.339 e. The van der Waals surface area contributed by atoms with Crippen LogP contribution >= 0.6 is 22.9 Å². The third-order valence-corrected chi connectivity index (χ3v) is 8.15.